The van der Waals surface area contributed by atoms with Gasteiger partial charge in [-0.1, -0.05) is 24.1 Å². The van der Waals surface area contributed by atoms with Crippen LogP contribution in [-0.4, -0.2) is 24.0 Å². The average Bonchev–Trinajstić information content (AvgIpc) is 2.32. The molecule has 0 aliphatic carbocycles. The van der Waals surface area contributed by atoms with Gasteiger partial charge in [-0.25, -0.2) is 0 Å². The molecule has 9 heteroatoms. The highest BCUT2D eigenvalue weighted by atomic mass is 16.6. The van der Waals surface area contributed by atoms with Crippen molar-refractivity contribution >= 4 is 11.9 Å². The van der Waals surface area contributed by atoms with Crippen molar-refractivity contribution < 1.29 is 14.3 Å². The number of rotatable bonds is 6. The number of esters is 2. The highest BCUT2D eigenvalue weighted by molar-refractivity contribution is 5.90. The summed E-state index contributed by atoms with van der Waals surface area (Å²) in [6, 6.07) is -2.10. The van der Waals surface area contributed by atoms with E-state index in [0.717, 1.165) is 0 Å². The highest BCUT2D eigenvalue weighted by Crippen LogP contribution is 2.06. The van der Waals surface area contributed by atoms with Crippen molar-refractivity contribution in [2.45, 2.75) is 38.8 Å². The summed E-state index contributed by atoms with van der Waals surface area (Å²) >= 11 is 0. The molecule has 17 heavy (non-hydrogen) atoms. The van der Waals surface area contributed by atoms with Gasteiger partial charge in [0, 0.05) is 9.82 Å². The minimum atomic E-state index is -1.05. The zero-order valence-corrected chi connectivity index (χ0v) is 9.48. The lowest BCUT2D eigenvalue weighted by Crippen LogP contribution is -2.29. The Morgan fingerprint density at radius 2 is 1.41 bits per heavy atom. The Bertz CT molecular complexity index is 347. The van der Waals surface area contributed by atoms with Crippen LogP contribution >= 0.6 is 0 Å². The quantitative estimate of drug-likeness (QED) is 0.231. The zero-order chi connectivity index (χ0) is 13.3. The monoisotopic (exact) mass is 240 g/mol. The van der Waals surface area contributed by atoms with Crippen LogP contribution in [0.1, 0.15) is 26.7 Å². The normalized spacial score (nSPS) is 12.6. The minimum absolute atomic E-state index is 0.217. The Hall–Kier alpha value is -2.24. The summed E-state index contributed by atoms with van der Waals surface area (Å²) in [4.78, 5) is 27.6. The van der Waals surface area contributed by atoms with Gasteiger partial charge in [0.2, 0.25) is 0 Å². The second-order valence-corrected chi connectivity index (χ2v) is 3.00. The van der Waals surface area contributed by atoms with Crippen molar-refractivity contribution in [3.05, 3.63) is 20.9 Å². The molecule has 0 aliphatic heterocycles. The number of carbonyl (C=O) groups is 2. The second-order valence-electron chi connectivity index (χ2n) is 3.00. The first-order valence-corrected chi connectivity index (χ1v) is 4.94. The lowest BCUT2D eigenvalue weighted by atomic mass is 10.2. The summed E-state index contributed by atoms with van der Waals surface area (Å²) in [6.07, 6.45) is 0.433. The molecule has 0 spiro atoms. The molecule has 0 aliphatic rings. The summed E-state index contributed by atoms with van der Waals surface area (Å²) in [5.74, 6) is -1.89. The van der Waals surface area contributed by atoms with E-state index in [9.17, 15) is 9.59 Å². The van der Waals surface area contributed by atoms with Crippen LogP contribution in [0.4, 0.5) is 0 Å². The molecule has 2 unspecified atom stereocenters. The van der Waals surface area contributed by atoms with Gasteiger partial charge >= 0.3 is 11.9 Å². The molecule has 9 nitrogen and oxygen atoms in total. The molecule has 2 atom stereocenters. The van der Waals surface area contributed by atoms with E-state index in [1.807, 2.05) is 0 Å². The Kier molecular flexibility index (Phi) is 6.92. The first-order chi connectivity index (χ1) is 8.10. The van der Waals surface area contributed by atoms with Crippen LogP contribution in [0.3, 0.4) is 0 Å². The molecule has 0 heterocycles. The van der Waals surface area contributed by atoms with Gasteiger partial charge in [-0.15, -0.1) is 0 Å². The molecule has 0 saturated carbocycles. The third-order valence-electron chi connectivity index (χ3n) is 1.90. The number of carbonyl (C=O) groups excluding carboxylic acids is 2. The topological polar surface area (TPSA) is 141 Å². The van der Waals surface area contributed by atoms with Gasteiger partial charge in [0.25, 0.3) is 0 Å². The summed E-state index contributed by atoms with van der Waals surface area (Å²) in [7, 11) is 0. The van der Waals surface area contributed by atoms with Crippen LogP contribution in [-0.2, 0) is 14.3 Å². The molecule has 92 valence electrons. The summed E-state index contributed by atoms with van der Waals surface area (Å²) < 4.78 is 4.45. The molecular weight excluding hydrogens is 228 g/mol. The van der Waals surface area contributed by atoms with Gasteiger partial charge in [-0.05, 0) is 23.9 Å². The molecule has 0 bridgehead atoms. The first kappa shape index (κ1) is 14.8. The van der Waals surface area contributed by atoms with E-state index >= 15 is 0 Å². The van der Waals surface area contributed by atoms with Crippen LogP contribution in [0.25, 0.3) is 20.9 Å². The molecule has 0 amide bonds. The predicted octanol–water partition coefficient (Wildman–Crippen LogP) is 2.23. The Balaban J connectivity index is 4.61. The maximum absolute atomic E-state index is 11.4. The predicted molar refractivity (Wildman–Crippen MR) is 57.5 cm³/mol. The smallest absolute Gasteiger partial charge is 0.322 e. The van der Waals surface area contributed by atoms with Gasteiger partial charge in [0.1, 0.15) is 12.1 Å². The molecular formula is C8H12N6O3. The lowest BCUT2D eigenvalue weighted by molar-refractivity contribution is -0.161. The summed E-state index contributed by atoms with van der Waals surface area (Å²) in [5.41, 5.74) is 16.4. The average molecular weight is 240 g/mol. The maximum atomic E-state index is 11.4. The Morgan fingerprint density at radius 3 is 1.65 bits per heavy atom. The highest BCUT2D eigenvalue weighted by Gasteiger charge is 2.24. The summed E-state index contributed by atoms with van der Waals surface area (Å²) in [5, 5.41) is 6.35. The molecule has 0 aromatic carbocycles. The van der Waals surface area contributed by atoms with Crippen LogP contribution in [0, 0.1) is 0 Å². The van der Waals surface area contributed by atoms with E-state index < -0.39 is 24.0 Å². The van der Waals surface area contributed by atoms with Gasteiger partial charge in [-0.3, -0.25) is 9.59 Å². The number of hydrogen-bond acceptors (Lipinski definition) is 5. The van der Waals surface area contributed by atoms with Crippen molar-refractivity contribution in [3.63, 3.8) is 0 Å². The molecule has 0 N–H and O–H groups in total. The number of azide groups is 2. The third-order valence-corrected chi connectivity index (χ3v) is 1.90. The molecule has 0 aromatic heterocycles. The summed E-state index contributed by atoms with van der Waals surface area (Å²) in [6.45, 7) is 3.21. The molecule has 0 radical (unpaired) electrons. The fourth-order valence-electron chi connectivity index (χ4n) is 0.951. The van der Waals surface area contributed by atoms with Crippen molar-refractivity contribution in [3.8, 4) is 0 Å². The van der Waals surface area contributed by atoms with Crippen LogP contribution < -0.4 is 0 Å². The van der Waals surface area contributed by atoms with Crippen LogP contribution in [0.15, 0.2) is 10.2 Å². The van der Waals surface area contributed by atoms with E-state index in [4.69, 9.17) is 11.1 Å². The molecule has 0 rings (SSSR count). The van der Waals surface area contributed by atoms with E-state index in [2.05, 4.69) is 24.8 Å². The van der Waals surface area contributed by atoms with Gasteiger partial charge in [0.15, 0.2) is 0 Å². The third kappa shape index (κ3) is 4.87. The SMILES string of the molecule is CCC(N=[N+]=[N-])C(=O)OC(=O)C(CC)N=[N+]=[N-]. The standard InChI is InChI=1S/C8H12N6O3/c1-3-5(11-13-9)7(15)17-8(16)6(4-2)12-14-10/h5-6H,3-4H2,1-2H3. The number of nitrogens with zero attached hydrogens (tertiary/aromatic N) is 6. The van der Waals surface area contributed by atoms with Crippen molar-refractivity contribution in [1.29, 1.82) is 0 Å². The van der Waals surface area contributed by atoms with E-state index in [-0.39, 0.29) is 12.8 Å². The van der Waals surface area contributed by atoms with Crippen LogP contribution in [0.5, 0.6) is 0 Å². The van der Waals surface area contributed by atoms with Crippen molar-refractivity contribution in [2.75, 3.05) is 0 Å². The van der Waals surface area contributed by atoms with E-state index in [1.54, 1.807) is 13.8 Å². The van der Waals surface area contributed by atoms with Crippen molar-refractivity contribution in [1.82, 2.24) is 0 Å². The number of ether oxygens (including phenoxy) is 1. The first-order valence-electron chi connectivity index (χ1n) is 4.94. The number of hydrogen-bond donors (Lipinski definition) is 0. The fourth-order valence-corrected chi connectivity index (χ4v) is 0.951. The largest absolute Gasteiger partial charge is 0.393 e. The molecule has 0 aromatic rings. The Morgan fingerprint density at radius 1 is 1.06 bits per heavy atom. The second kappa shape index (κ2) is 7.98. The van der Waals surface area contributed by atoms with Crippen molar-refractivity contribution in [2.24, 2.45) is 10.2 Å². The molecule has 0 saturated heterocycles. The van der Waals surface area contributed by atoms with E-state index in [1.165, 1.54) is 0 Å². The minimum Gasteiger partial charge on any atom is -0.393 e. The zero-order valence-electron chi connectivity index (χ0n) is 9.48. The van der Waals surface area contributed by atoms with Gasteiger partial charge < -0.3 is 4.74 Å². The lowest BCUT2D eigenvalue weighted by Gasteiger charge is -2.10. The fraction of sp³-hybridized carbons (Fsp3) is 0.750. The van der Waals surface area contributed by atoms with Gasteiger partial charge in [0.05, 0.1) is 0 Å². The van der Waals surface area contributed by atoms with Crippen LogP contribution in [0.2, 0.25) is 0 Å². The van der Waals surface area contributed by atoms with E-state index in [0.29, 0.717) is 0 Å². The molecule has 0 fully saturated rings. The Labute approximate surface area is 97.0 Å². The van der Waals surface area contributed by atoms with Gasteiger partial charge in [-0.2, -0.15) is 0 Å². The maximum Gasteiger partial charge on any atom is 0.322 e.